The minimum atomic E-state index is -3.33. The molecule has 1 saturated carbocycles. The Morgan fingerprint density at radius 1 is 1.11 bits per heavy atom. The van der Waals surface area contributed by atoms with Crippen LogP contribution in [0.4, 0.5) is 0 Å². The van der Waals surface area contributed by atoms with Crippen molar-refractivity contribution in [3.05, 3.63) is 30.3 Å². The van der Waals surface area contributed by atoms with Crippen molar-refractivity contribution in [2.75, 3.05) is 12.3 Å². The predicted octanol–water partition coefficient (Wildman–Crippen LogP) is 3.03. The summed E-state index contributed by atoms with van der Waals surface area (Å²) in [6.07, 6.45) is 6.59. The molecule has 1 aromatic rings. The van der Waals surface area contributed by atoms with Crippen molar-refractivity contribution < 1.29 is 8.42 Å². The van der Waals surface area contributed by atoms with E-state index in [4.69, 9.17) is 0 Å². The smallest absolute Gasteiger partial charge is 0.210 e. The van der Waals surface area contributed by atoms with E-state index in [1.165, 1.54) is 32.1 Å². The highest BCUT2D eigenvalue weighted by Gasteiger charge is 2.15. The van der Waals surface area contributed by atoms with Crippen LogP contribution in [-0.2, 0) is 10.0 Å². The molecule has 2 rings (SSSR count). The molecular formula is C14H21NO2S2. The lowest BCUT2D eigenvalue weighted by molar-refractivity contribution is 0.516. The zero-order valence-electron chi connectivity index (χ0n) is 11.0. The van der Waals surface area contributed by atoms with Crippen molar-refractivity contribution in [1.29, 1.82) is 0 Å². The third-order valence-corrected chi connectivity index (χ3v) is 6.21. The lowest BCUT2D eigenvalue weighted by Crippen LogP contribution is -2.26. The molecule has 3 nitrogen and oxygen atoms in total. The number of nitrogens with one attached hydrogen (secondary N) is 1. The van der Waals surface area contributed by atoms with E-state index in [1.54, 1.807) is 24.3 Å². The molecule has 1 fully saturated rings. The van der Waals surface area contributed by atoms with Crippen LogP contribution in [0.3, 0.4) is 0 Å². The third kappa shape index (κ3) is 4.82. The lowest BCUT2D eigenvalue weighted by atomic mass is 10.0. The average molecular weight is 299 g/mol. The maximum Gasteiger partial charge on any atom is 0.240 e. The maximum absolute atomic E-state index is 12.0. The van der Waals surface area contributed by atoms with Crippen LogP contribution in [0.5, 0.6) is 0 Å². The average Bonchev–Trinajstić information content (AvgIpc) is 2.46. The van der Waals surface area contributed by atoms with Gasteiger partial charge in [0.15, 0.2) is 0 Å². The van der Waals surface area contributed by atoms with Gasteiger partial charge in [-0.2, -0.15) is 11.8 Å². The van der Waals surface area contributed by atoms with Crippen molar-refractivity contribution in [2.24, 2.45) is 0 Å². The van der Waals surface area contributed by atoms with E-state index in [-0.39, 0.29) is 0 Å². The zero-order chi connectivity index (χ0) is 13.6. The summed E-state index contributed by atoms with van der Waals surface area (Å²) < 4.78 is 26.6. The van der Waals surface area contributed by atoms with Gasteiger partial charge in [-0.05, 0) is 25.0 Å². The molecule has 0 spiro atoms. The van der Waals surface area contributed by atoms with Crippen molar-refractivity contribution in [1.82, 2.24) is 4.72 Å². The van der Waals surface area contributed by atoms with Gasteiger partial charge >= 0.3 is 0 Å². The molecular weight excluding hydrogens is 278 g/mol. The molecule has 0 amide bonds. The Hall–Kier alpha value is -0.520. The Morgan fingerprint density at radius 2 is 1.79 bits per heavy atom. The van der Waals surface area contributed by atoms with Gasteiger partial charge in [-0.15, -0.1) is 0 Å². The number of sulfonamides is 1. The van der Waals surface area contributed by atoms with Gasteiger partial charge in [0.05, 0.1) is 4.90 Å². The Bertz CT molecular complexity index is 467. The number of benzene rings is 1. The molecule has 0 aliphatic heterocycles. The quantitative estimate of drug-likeness (QED) is 0.821. The minimum Gasteiger partial charge on any atom is -0.210 e. The zero-order valence-corrected chi connectivity index (χ0v) is 12.7. The standard InChI is InChI=1S/C14H21NO2S2/c16-19(17,14-9-5-2-6-10-14)15-11-12-18-13-7-3-1-4-8-13/h2,5-6,9-10,13,15H,1,3-4,7-8,11-12H2. The van der Waals surface area contributed by atoms with Crippen molar-refractivity contribution in [2.45, 2.75) is 42.2 Å². The van der Waals surface area contributed by atoms with E-state index >= 15 is 0 Å². The number of thioether (sulfide) groups is 1. The highest BCUT2D eigenvalue weighted by molar-refractivity contribution is 8.00. The third-order valence-electron chi connectivity index (χ3n) is 3.35. The second-order valence-corrected chi connectivity index (χ2v) is 8.02. The largest absolute Gasteiger partial charge is 0.240 e. The molecule has 0 radical (unpaired) electrons. The first-order chi connectivity index (χ1) is 9.18. The van der Waals surface area contributed by atoms with E-state index in [2.05, 4.69) is 4.72 Å². The Kier molecular flexibility index (Phi) is 5.73. The van der Waals surface area contributed by atoms with Crippen LogP contribution in [0, 0.1) is 0 Å². The maximum atomic E-state index is 12.0. The number of hydrogen-bond acceptors (Lipinski definition) is 3. The summed E-state index contributed by atoms with van der Waals surface area (Å²) >= 11 is 1.91. The van der Waals surface area contributed by atoms with Gasteiger partial charge < -0.3 is 0 Å². The summed E-state index contributed by atoms with van der Waals surface area (Å²) in [4.78, 5) is 0.345. The van der Waals surface area contributed by atoms with Gasteiger partial charge in [0.25, 0.3) is 0 Å². The first kappa shape index (κ1) is 14.9. The van der Waals surface area contributed by atoms with Crippen LogP contribution in [0.2, 0.25) is 0 Å². The van der Waals surface area contributed by atoms with E-state index in [9.17, 15) is 8.42 Å². The van der Waals surface area contributed by atoms with Crippen molar-refractivity contribution in [3.63, 3.8) is 0 Å². The molecule has 0 unspecified atom stereocenters. The van der Waals surface area contributed by atoms with E-state index < -0.39 is 10.0 Å². The molecule has 0 bridgehead atoms. The van der Waals surface area contributed by atoms with Gasteiger partial charge in [0.1, 0.15) is 0 Å². The minimum absolute atomic E-state index is 0.345. The molecule has 1 aliphatic rings. The monoisotopic (exact) mass is 299 g/mol. The second kappa shape index (κ2) is 7.31. The van der Waals surface area contributed by atoms with Gasteiger partial charge in [-0.25, -0.2) is 13.1 Å². The highest BCUT2D eigenvalue weighted by Crippen LogP contribution is 2.27. The van der Waals surface area contributed by atoms with Crippen LogP contribution < -0.4 is 4.72 Å². The molecule has 19 heavy (non-hydrogen) atoms. The van der Waals surface area contributed by atoms with Gasteiger partial charge in [0.2, 0.25) is 10.0 Å². The Morgan fingerprint density at radius 3 is 2.47 bits per heavy atom. The predicted molar refractivity (Wildman–Crippen MR) is 81.0 cm³/mol. The molecule has 0 aromatic heterocycles. The summed E-state index contributed by atoms with van der Waals surface area (Å²) in [6, 6.07) is 8.54. The van der Waals surface area contributed by atoms with Gasteiger partial charge in [-0.1, -0.05) is 37.5 Å². The first-order valence-corrected chi connectivity index (χ1v) is 9.38. The van der Waals surface area contributed by atoms with E-state index in [0.717, 1.165) is 11.0 Å². The molecule has 1 aromatic carbocycles. The summed E-state index contributed by atoms with van der Waals surface area (Å²) in [6.45, 7) is 0.512. The van der Waals surface area contributed by atoms with Crippen LogP contribution in [0.15, 0.2) is 35.2 Å². The molecule has 1 N–H and O–H groups in total. The van der Waals surface area contributed by atoms with E-state index in [1.807, 2.05) is 17.8 Å². The van der Waals surface area contributed by atoms with Gasteiger partial charge in [-0.3, -0.25) is 0 Å². The number of hydrogen-bond donors (Lipinski definition) is 1. The van der Waals surface area contributed by atoms with Crippen LogP contribution in [0.25, 0.3) is 0 Å². The molecule has 5 heteroatoms. The SMILES string of the molecule is O=S(=O)(NCCSC1CCCCC1)c1ccccc1. The summed E-state index contributed by atoms with van der Waals surface area (Å²) in [5.74, 6) is 0.858. The molecule has 0 heterocycles. The van der Waals surface area contributed by atoms with Crippen LogP contribution >= 0.6 is 11.8 Å². The van der Waals surface area contributed by atoms with Crippen molar-refractivity contribution >= 4 is 21.8 Å². The number of rotatable bonds is 6. The fourth-order valence-corrected chi connectivity index (χ4v) is 4.72. The van der Waals surface area contributed by atoms with E-state index in [0.29, 0.717) is 11.4 Å². The Balaban J connectivity index is 1.73. The van der Waals surface area contributed by atoms with Crippen molar-refractivity contribution in [3.8, 4) is 0 Å². The molecule has 1 aliphatic carbocycles. The molecule has 0 atom stereocenters. The topological polar surface area (TPSA) is 46.2 Å². The first-order valence-electron chi connectivity index (χ1n) is 6.85. The lowest BCUT2D eigenvalue weighted by Gasteiger charge is -2.20. The summed E-state index contributed by atoms with van der Waals surface area (Å²) in [7, 11) is -3.33. The highest BCUT2D eigenvalue weighted by atomic mass is 32.2. The van der Waals surface area contributed by atoms with Gasteiger partial charge in [0, 0.05) is 17.5 Å². The normalized spacial score (nSPS) is 17.5. The summed E-state index contributed by atoms with van der Waals surface area (Å²) in [5, 5.41) is 0.731. The summed E-state index contributed by atoms with van der Waals surface area (Å²) in [5.41, 5.74) is 0. The van der Waals surface area contributed by atoms with Crippen LogP contribution in [0.1, 0.15) is 32.1 Å². The molecule has 0 saturated heterocycles. The van der Waals surface area contributed by atoms with Crippen LogP contribution in [-0.4, -0.2) is 26.0 Å². The fourth-order valence-electron chi connectivity index (χ4n) is 2.32. The molecule has 106 valence electrons. The second-order valence-electron chi connectivity index (χ2n) is 4.84. The Labute approximate surface area is 120 Å². The fraction of sp³-hybridized carbons (Fsp3) is 0.571.